The summed E-state index contributed by atoms with van der Waals surface area (Å²) in [5, 5.41) is 0. The second-order valence-electron chi connectivity index (χ2n) is 4.60. The lowest BCUT2D eigenvalue weighted by Gasteiger charge is -2.22. The van der Waals surface area contributed by atoms with Crippen LogP contribution in [0, 0.1) is 0 Å². The molecule has 0 spiro atoms. The minimum atomic E-state index is -3.75. The first-order valence-corrected chi connectivity index (χ1v) is 7.65. The van der Waals surface area contributed by atoms with Gasteiger partial charge >= 0.3 is 6.03 Å². The van der Waals surface area contributed by atoms with E-state index in [1.807, 2.05) is 0 Å². The fourth-order valence-corrected chi connectivity index (χ4v) is 3.81. The molecule has 2 amide bonds. The molecule has 6 nitrogen and oxygen atoms in total. The van der Waals surface area contributed by atoms with Crippen LogP contribution in [0.5, 0.6) is 0 Å². The number of primary amides is 1. The molecule has 0 aromatic heterocycles. The molecule has 0 fully saturated rings. The van der Waals surface area contributed by atoms with Crippen LogP contribution in [-0.2, 0) is 10.0 Å². The molecule has 2 aromatic carbocycles. The minimum Gasteiger partial charge on any atom is -0.351 e. The Hall–Kier alpha value is -2.54. The van der Waals surface area contributed by atoms with Crippen molar-refractivity contribution < 1.29 is 13.2 Å². The van der Waals surface area contributed by atoms with Gasteiger partial charge < -0.3 is 5.73 Å². The summed E-state index contributed by atoms with van der Waals surface area (Å²) < 4.78 is 26.6. The number of carbonyl (C=O) groups is 1. The van der Waals surface area contributed by atoms with E-state index in [0.717, 1.165) is 4.31 Å². The topological polar surface area (TPSA) is 83.7 Å². The molecule has 0 atom stereocenters. The highest BCUT2D eigenvalue weighted by Crippen LogP contribution is 2.42. The van der Waals surface area contributed by atoms with Crippen molar-refractivity contribution in [1.29, 1.82) is 0 Å². The van der Waals surface area contributed by atoms with Gasteiger partial charge in [-0.05, 0) is 24.3 Å². The lowest BCUT2D eigenvalue weighted by molar-refractivity contribution is 0.256. The third kappa shape index (κ3) is 1.85. The number of fused-ring (bicyclic) bond motifs is 2. The predicted octanol–water partition coefficient (Wildman–Crippen LogP) is 2.04. The van der Waals surface area contributed by atoms with E-state index in [2.05, 4.69) is 0 Å². The lowest BCUT2D eigenvalue weighted by atomic mass is 10.2. The molecule has 1 aliphatic heterocycles. The Morgan fingerprint density at radius 2 is 1.48 bits per heavy atom. The van der Waals surface area contributed by atoms with Crippen molar-refractivity contribution in [2.45, 2.75) is 4.90 Å². The number of carbonyl (C=O) groups excluding carboxylic acids is 1. The molecule has 7 heteroatoms. The van der Waals surface area contributed by atoms with Gasteiger partial charge in [0, 0.05) is 7.05 Å². The average Bonchev–Trinajstić information content (AvgIpc) is 2.53. The Kier molecular flexibility index (Phi) is 2.87. The third-order valence-corrected chi connectivity index (χ3v) is 5.25. The van der Waals surface area contributed by atoms with Gasteiger partial charge in [-0.15, -0.1) is 0 Å². The molecule has 0 bridgehead atoms. The summed E-state index contributed by atoms with van der Waals surface area (Å²) in [6, 6.07) is 12.3. The van der Waals surface area contributed by atoms with Gasteiger partial charge in [0.1, 0.15) is 4.90 Å². The molecule has 0 unspecified atom stereocenters. The maximum atomic E-state index is 12.7. The summed E-state index contributed by atoms with van der Waals surface area (Å²) in [6.45, 7) is 0. The van der Waals surface area contributed by atoms with Crippen LogP contribution in [0.4, 0.5) is 21.9 Å². The third-order valence-electron chi connectivity index (χ3n) is 3.43. The number of hydrogen-bond acceptors (Lipinski definition) is 3. The molecule has 0 saturated carbocycles. The summed E-state index contributed by atoms with van der Waals surface area (Å²) >= 11 is 0. The fraction of sp³-hybridized carbons (Fsp3) is 0.0714. The van der Waals surface area contributed by atoms with Crippen LogP contribution in [0.15, 0.2) is 53.4 Å². The van der Waals surface area contributed by atoms with Gasteiger partial charge in [-0.1, -0.05) is 24.3 Å². The van der Waals surface area contributed by atoms with Gasteiger partial charge in [0.05, 0.1) is 17.1 Å². The second-order valence-corrected chi connectivity index (χ2v) is 6.54. The second kappa shape index (κ2) is 4.49. The Labute approximate surface area is 122 Å². The molecule has 0 saturated heterocycles. The van der Waals surface area contributed by atoms with Gasteiger partial charge in [0.25, 0.3) is 10.0 Å². The predicted molar refractivity (Wildman–Crippen MR) is 80.2 cm³/mol. The summed E-state index contributed by atoms with van der Waals surface area (Å²) in [5.74, 6) is 0. The van der Waals surface area contributed by atoms with Crippen molar-refractivity contribution in [1.82, 2.24) is 0 Å². The van der Waals surface area contributed by atoms with E-state index < -0.39 is 16.1 Å². The van der Waals surface area contributed by atoms with Crippen LogP contribution in [-0.4, -0.2) is 21.5 Å². The number of rotatable bonds is 0. The van der Waals surface area contributed by atoms with Crippen LogP contribution in [0.25, 0.3) is 0 Å². The van der Waals surface area contributed by atoms with E-state index >= 15 is 0 Å². The van der Waals surface area contributed by atoms with Crippen molar-refractivity contribution in [3.05, 3.63) is 48.5 Å². The van der Waals surface area contributed by atoms with Crippen LogP contribution >= 0.6 is 0 Å². The zero-order chi connectivity index (χ0) is 15.2. The van der Waals surface area contributed by atoms with Crippen molar-refractivity contribution in [3.63, 3.8) is 0 Å². The van der Waals surface area contributed by atoms with E-state index in [-0.39, 0.29) is 10.6 Å². The molecule has 3 rings (SSSR count). The van der Waals surface area contributed by atoms with Gasteiger partial charge in [-0.2, -0.15) is 0 Å². The van der Waals surface area contributed by atoms with Crippen LogP contribution in [0.1, 0.15) is 0 Å². The van der Waals surface area contributed by atoms with E-state index in [1.54, 1.807) is 42.5 Å². The number of benzene rings is 2. The smallest absolute Gasteiger partial charge is 0.323 e. The maximum Gasteiger partial charge on any atom is 0.323 e. The minimum absolute atomic E-state index is 0.0440. The number of amides is 2. The van der Waals surface area contributed by atoms with Gasteiger partial charge in [0.15, 0.2) is 0 Å². The Morgan fingerprint density at radius 1 is 0.952 bits per heavy atom. The van der Waals surface area contributed by atoms with E-state index in [9.17, 15) is 13.2 Å². The Bertz CT molecular complexity index is 833. The number of hydrogen-bond donors (Lipinski definition) is 1. The van der Waals surface area contributed by atoms with E-state index in [0.29, 0.717) is 11.4 Å². The quantitative estimate of drug-likeness (QED) is 0.808. The molecule has 2 N–H and O–H groups in total. The molecular formula is C14H13N3O3S. The zero-order valence-corrected chi connectivity index (χ0v) is 12.0. The fourth-order valence-electron chi connectivity index (χ4n) is 2.42. The van der Waals surface area contributed by atoms with Crippen molar-refractivity contribution in [3.8, 4) is 0 Å². The van der Waals surface area contributed by atoms with E-state index in [4.69, 9.17) is 5.73 Å². The summed E-state index contributed by atoms with van der Waals surface area (Å²) in [6.07, 6.45) is 0. The maximum absolute atomic E-state index is 12.7. The van der Waals surface area contributed by atoms with Crippen molar-refractivity contribution in [2.75, 3.05) is 16.3 Å². The van der Waals surface area contributed by atoms with E-state index in [1.165, 1.54) is 18.0 Å². The number of nitrogens with zero attached hydrogens (tertiary/aromatic N) is 2. The first-order chi connectivity index (χ1) is 9.94. The van der Waals surface area contributed by atoms with Crippen LogP contribution < -0.4 is 14.9 Å². The molecule has 2 aromatic rings. The molecule has 108 valence electrons. The number of urea groups is 1. The molecule has 21 heavy (non-hydrogen) atoms. The molecule has 0 aliphatic carbocycles. The molecule has 1 aliphatic rings. The van der Waals surface area contributed by atoms with Crippen LogP contribution in [0.2, 0.25) is 0 Å². The van der Waals surface area contributed by atoms with Crippen molar-refractivity contribution >= 4 is 33.1 Å². The number of anilines is 3. The van der Waals surface area contributed by atoms with Crippen LogP contribution in [0.3, 0.4) is 0 Å². The molecule has 0 radical (unpaired) electrons. The Balaban J connectivity index is 2.46. The first kappa shape index (κ1) is 13.4. The van der Waals surface area contributed by atoms with Crippen molar-refractivity contribution in [2.24, 2.45) is 5.73 Å². The largest absolute Gasteiger partial charge is 0.351 e. The summed E-state index contributed by atoms with van der Waals surface area (Å²) in [4.78, 5) is 13.1. The normalized spacial score (nSPS) is 15.9. The number of sulfonamides is 1. The van der Waals surface area contributed by atoms with Gasteiger partial charge in [-0.3, -0.25) is 9.21 Å². The summed E-state index contributed by atoms with van der Waals surface area (Å²) in [7, 11) is -2.30. The monoisotopic (exact) mass is 303 g/mol. The molecular weight excluding hydrogens is 290 g/mol. The SMILES string of the molecule is CN1c2ccccc2N(C(N)=O)c2ccccc2S1(=O)=O. The Morgan fingerprint density at radius 3 is 2.10 bits per heavy atom. The highest BCUT2D eigenvalue weighted by Gasteiger charge is 2.34. The first-order valence-electron chi connectivity index (χ1n) is 6.21. The average molecular weight is 303 g/mol. The highest BCUT2D eigenvalue weighted by molar-refractivity contribution is 7.93. The summed E-state index contributed by atoms with van der Waals surface area (Å²) in [5.41, 5.74) is 6.55. The van der Waals surface area contributed by atoms with Gasteiger partial charge in [-0.25, -0.2) is 13.2 Å². The van der Waals surface area contributed by atoms with Gasteiger partial charge in [0.2, 0.25) is 0 Å². The molecule has 1 heterocycles. The number of para-hydroxylation sites is 3. The standard InChI is InChI=1S/C14H13N3O3S/c1-16-10-6-2-3-7-11(10)17(14(15)18)12-8-4-5-9-13(12)21(16,19)20/h2-9H,1H3,(H2,15,18). The zero-order valence-electron chi connectivity index (χ0n) is 11.2. The number of nitrogens with two attached hydrogens (primary N) is 1. The highest BCUT2D eigenvalue weighted by atomic mass is 32.2. The lowest BCUT2D eigenvalue weighted by Crippen LogP contribution is -2.31.